The van der Waals surface area contributed by atoms with E-state index in [1.165, 1.54) is 16.0 Å². The predicted octanol–water partition coefficient (Wildman–Crippen LogP) is 0.0356. The highest BCUT2D eigenvalue weighted by Gasteiger charge is 2.27. The van der Waals surface area contributed by atoms with Crippen molar-refractivity contribution in [2.24, 2.45) is 5.92 Å². The number of nitrogens with one attached hydrogen (secondary N) is 3. The summed E-state index contributed by atoms with van der Waals surface area (Å²) in [4.78, 5) is 15.3. The summed E-state index contributed by atoms with van der Waals surface area (Å²) < 4.78 is 0. The lowest BCUT2D eigenvalue weighted by Gasteiger charge is -2.29. The molecule has 1 aliphatic heterocycles. The Morgan fingerprint density at radius 3 is 2.56 bits per heavy atom. The highest BCUT2D eigenvalue weighted by atomic mass is 16.1. The summed E-state index contributed by atoms with van der Waals surface area (Å²) in [6.07, 6.45) is 5.36. The Bertz CT molecular complexity index is 546. The van der Waals surface area contributed by atoms with Crippen molar-refractivity contribution in [3.8, 4) is 0 Å². The van der Waals surface area contributed by atoms with E-state index in [4.69, 9.17) is 0 Å². The molecule has 0 atom stereocenters. The van der Waals surface area contributed by atoms with Gasteiger partial charge in [-0.3, -0.25) is 4.79 Å². The molecule has 0 bridgehead atoms. The first-order chi connectivity index (χ1) is 12.0. The Hall–Kier alpha value is -1.65. The Labute approximate surface area is 152 Å². The number of hydrogen-bond donors (Lipinski definition) is 3. The minimum absolute atomic E-state index is 0.217. The van der Waals surface area contributed by atoms with E-state index in [2.05, 4.69) is 62.7 Å². The molecule has 0 saturated carbocycles. The van der Waals surface area contributed by atoms with Gasteiger partial charge < -0.3 is 15.1 Å². The Balaban J connectivity index is 1.68. The molecule has 4 nitrogen and oxygen atoms in total. The summed E-state index contributed by atoms with van der Waals surface area (Å²) in [7, 11) is 4.29. The minimum atomic E-state index is 0.217. The molecule has 1 aromatic carbocycles. The standard InChI is InChI=1S/C21H33N3O/c1-18(16-19-8-5-4-6-9-19)17-24-14-10-20(11-15-24)21(25)22-12-7-13-23(2)3/h4-6,8-9,16,20H,7,10-15,17H2,1-3H3,(H,22,25)/p+2/b18-16+. The quantitative estimate of drug-likeness (QED) is 0.572. The first-order valence-electron chi connectivity index (χ1n) is 9.67. The zero-order valence-corrected chi connectivity index (χ0v) is 16.1. The van der Waals surface area contributed by atoms with Gasteiger partial charge in [0.2, 0.25) is 5.91 Å². The van der Waals surface area contributed by atoms with E-state index >= 15 is 0 Å². The number of rotatable bonds is 8. The number of carbonyl (C=O) groups is 1. The van der Waals surface area contributed by atoms with E-state index in [1.807, 2.05) is 0 Å². The van der Waals surface area contributed by atoms with Gasteiger partial charge in [0.05, 0.1) is 40.3 Å². The van der Waals surface area contributed by atoms with Crippen molar-refractivity contribution in [1.82, 2.24) is 5.32 Å². The highest BCUT2D eigenvalue weighted by molar-refractivity contribution is 5.78. The molecule has 4 heteroatoms. The Kier molecular flexibility index (Phi) is 8.16. The van der Waals surface area contributed by atoms with E-state index < -0.39 is 0 Å². The molecule has 1 heterocycles. The average Bonchev–Trinajstić information content (AvgIpc) is 2.60. The molecule has 0 spiro atoms. The van der Waals surface area contributed by atoms with Crippen molar-refractivity contribution in [2.45, 2.75) is 26.2 Å². The van der Waals surface area contributed by atoms with Gasteiger partial charge in [0.1, 0.15) is 0 Å². The number of hydrogen-bond acceptors (Lipinski definition) is 1. The van der Waals surface area contributed by atoms with Crippen LogP contribution in [-0.2, 0) is 4.79 Å². The summed E-state index contributed by atoms with van der Waals surface area (Å²) in [6.45, 7) is 7.41. The third kappa shape index (κ3) is 7.41. The SMILES string of the molecule is C/C(=C\c1ccccc1)C[NH+]1CCC(C(=O)NCCC[NH+](C)C)CC1. The topological polar surface area (TPSA) is 38.0 Å². The van der Waals surface area contributed by atoms with Gasteiger partial charge in [0, 0.05) is 31.7 Å². The maximum atomic E-state index is 12.3. The van der Waals surface area contributed by atoms with Crippen LogP contribution in [0.5, 0.6) is 0 Å². The summed E-state index contributed by atoms with van der Waals surface area (Å²) in [6, 6.07) is 10.5. The third-order valence-corrected chi connectivity index (χ3v) is 4.96. The number of benzene rings is 1. The molecule has 1 saturated heterocycles. The molecule has 0 unspecified atom stereocenters. The summed E-state index contributed by atoms with van der Waals surface area (Å²) in [5, 5.41) is 3.12. The van der Waals surface area contributed by atoms with E-state index in [9.17, 15) is 4.79 Å². The van der Waals surface area contributed by atoms with Gasteiger partial charge in [-0.2, -0.15) is 0 Å². The summed E-state index contributed by atoms with van der Waals surface area (Å²) >= 11 is 0. The van der Waals surface area contributed by atoms with Crippen molar-refractivity contribution in [3.63, 3.8) is 0 Å². The molecule has 3 N–H and O–H groups in total. The van der Waals surface area contributed by atoms with Crippen LogP contribution in [0.15, 0.2) is 35.9 Å². The van der Waals surface area contributed by atoms with Crippen LogP contribution in [-0.4, -0.2) is 52.7 Å². The number of carbonyl (C=O) groups excluding carboxylic acids is 1. The van der Waals surface area contributed by atoms with Gasteiger partial charge >= 0.3 is 0 Å². The molecule has 0 radical (unpaired) electrons. The molecule has 0 aromatic heterocycles. The Morgan fingerprint density at radius 1 is 1.24 bits per heavy atom. The molecular weight excluding hydrogens is 310 g/mol. The molecule has 2 rings (SSSR count). The van der Waals surface area contributed by atoms with Crippen LogP contribution in [0, 0.1) is 5.92 Å². The number of amides is 1. The monoisotopic (exact) mass is 345 g/mol. The minimum Gasteiger partial charge on any atom is -0.356 e. The molecular formula is C21H35N3O+2. The van der Waals surface area contributed by atoms with Crippen LogP contribution < -0.4 is 15.1 Å². The van der Waals surface area contributed by atoms with E-state index in [-0.39, 0.29) is 11.8 Å². The molecule has 0 aliphatic carbocycles. The molecule has 1 aliphatic rings. The second-order valence-electron chi connectivity index (χ2n) is 7.70. The largest absolute Gasteiger partial charge is 0.356 e. The van der Waals surface area contributed by atoms with Crippen molar-refractivity contribution in [3.05, 3.63) is 41.5 Å². The average molecular weight is 346 g/mol. The summed E-state index contributed by atoms with van der Waals surface area (Å²) in [5.74, 6) is 0.484. The Morgan fingerprint density at radius 2 is 1.92 bits per heavy atom. The van der Waals surface area contributed by atoms with Crippen LogP contribution in [0.2, 0.25) is 0 Å². The number of quaternary nitrogens is 2. The number of piperidine rings is 1. The highest BCUT2D eigenvalue weighted by Crippen LogP contribution is 2.10. The van der Waals surface area contributed by atoms with Gasteiger partial charge in [0.25, 0.3) is 0 Å². The fourth-order valence-corrected chi connectivity index (χ4v) is 3.54. The van der Waals surface area contributed by atoms with Crippen molar-refractivity contribution >= 4 is 12.0 Å². The zero-order valence-electron chi connectivity index (χ0n) is 16.1. The second kappa shape index (κ2) is 10.4. The fraction of sp³-hybridized carbons (Fsp3) is 0.571. The van der Waals surface area contributed by atoms with Crippen LogP contribution in [0.25, 0.3) is 6.08 Å². The first-order valence-corrected chi connectivity index (χ1v) is 9.67. The molecule has 138 valence electrons. The van der Waals surface area contributed by atoms with E-state index in [0.29, 0.717) is 0 Å². The molecule has 1 fully saturated rings. The maximum Gasteiger partial charge on any atom is 0.223 e. The van der Waals surface area contributed by atoms with Crippen LogP contribution in [0.1, 0.15) is 31.7 Å². The van der Waals surface area contributed by atoms with Gasteiger partial charge in [-0.05, 0) is 18.1 Å². The number of likely N-dealkylation sites (tertiary alicyclic amines) is 1. The smallest absolute Gasteiger partial charge is 0.223 e. The molecule has 1 amide bonds. The second-order valence-corrected chi connectivity index (χ2v) is 7.70. The zero-order chi connectivity index (χ0) is 18.1. The predicted molar refractivity (Wildman–Crippen MR) is 104 cm³/mol. The van der Waals surface area contributed by atoms with Crippen molar-refractivity contribution < 1.29 is 14.6 Å². The van der Waals surface area contributed by atoms with Gasteiger partial charge in [-0.1, -0.05) is 36.4 Å². The first kappa shape index (κ1) is 19.7. The molecule has 25 heavy (non-hydrogen) atoms. The third-order valence-electron chi connectivity index (χ3n) is 4.96. The lowest BCUT2D eigenvalue weighted by Crippen LogP contribution is -3.13. The maximum absolute atomic E-state index is 12.3. The fourth-order valence-electron chi connectivity index (χ4n) is 3.54. The van der Waals surface area contributed by atoms with Gasteiger partial charge in [-0.25, -0.2) is 0 Å². The lowest BCUT2D eigenvalue weighted by atomic mass is 9.95. The molecule has 1 aromatic rings. The van der Waals surface area contributed by atoms with Crippen molar-refractivity contribution in [1.29, 1.82) is 0 Å². The lowest BCUT2D eigenvalue weighted by molar-refractivity contribution is -0.900. The van der Waals surface area contributed by atoms with Crippen LogP contribution >= 0.6 is 0 Å². The van der Waals surface area contributed by atoms with Gasteiger partial charge in [0.15, 0.2) is 0 Å². The normalized spacial score (nSPS) is 21.4. The van der Waals surface area contributed by atoms with Crippen molar-refractivity contribution in [2.75, 3.05) is 46.8 Å². The van der Waals surface area contributed by atoms with Gasteiger partial charge in [-0.15, -0.1) is 0 Å². The van der Waals surface area contributed by atoms with Crippen LogP contribution in [0.4, 0.5) is 0 Å². The van der Waals surface area contributed by atoms with Crippen LogP contribution in [0.3, 0.4) is 0 Å². The van der Waals surface area contributed by atoms with E-state index in [0.717, 1.165) is 52.0 Å². The summed E-state index contributed by atoms with van der Waals surface area (Å²) in [5.41, 5.74) is 2.68. The van der Waals surface area contributed by atoms with E-state index in [1.54, 1.807) is 4.90 Å².